The van der Waals surface area contributed by atoms with E-state index in [0.717, 1.165) is 6.08 Å². The summed E-state index contributed by atoms with van der Waals surface area (Å²) in [7, 11) is -2.85. The molecule has 0 radical (unpaired) electrons. The van der Waals surface area contributed by atoms with Gasteiger partial charge in [0.1, 0.15) is 5.69 Å². The van der Waals surface area contributed by atoms with Crippen LogP contribution in [-0.4, -0.2) is 70.6 Å². The highest BCUT2D eigenvalue weighted by Gasteiger charge is 2.24. The number of carbonyl (C=O) groups is 1. The van der Waals surface area contributed by atoms with E-state index in [-0.39, 0.29) is 34.0 Å². The van der Waals surface area contributed by atoms with Crippen LogP contribution in [0.4, 0.5) is 27.4 Å². The number of likely N-dealkylation sites (N-methyl/N-ethyl adjacent to an activating group) is 1. The van der Waals surface area contributed by atoms with E-state index in [4.69, 9.17) is 26.1 Å². The lowest BCUT2D eigenvalue weighted by atomic mass is 10.1. The second-order valence-corrected chi connectivity index (χ2v) is 10.4. The first-order valence-corrected chi connectivity index (χ1v) is 13.9. The third-order valence-electron chi connectivity index (χ3n) is 5.87. The highest BCUT2D eigenvalue weighted by molar-refractivity contribution is 7.46. The molecule has 3 aromatic rings. The van der Waals surface area contributed by atoms with E-state index in [1.54, 1.807) is 29.2 Å². The van der Waals surface area contributed by atoms with E-state index < -0.39 is 20.4 Å². The van der Waals surface area contributed by atoms with Crippen LogP contribution in [0.3, 0.4) is 0 Å². The maximum atomic E-state index is 15.5. The smallest absolute Gasteiger partial charge is 0.465 e. The van der Waals surface area contributed by atoms with Crippen LogP contribution in [0.5, 0.6) is 5.75 Å². The van der Waals surface area contributed by atoms with Gasteiger partial charge in [-0.25, -0.2) is 23.4 Å². The SMILES string of the molecule is C=CC(=O)Nc1cccc(-c2nc(Nc3cc(F)c(N4CCN(C)CC4)c(OCOP(=O)(O)O)c3)ncc2Cl)c1. The molecule has 0 saturated carbocycles. The Balaban J connectivity index is 1.63. The van der Waals surface area contributed by atoms with Gasteiger partial charge in [-0.15, -0.1) is 0 Å². The molecular weight excluding hydrogens is 566 g/mol. The zero-order valence-corrected chi connectivity index (χ0v) is 23.0. The highest BCUT2D eigenvalue weighted by Crippen LogP contribution is 2.39. The summed E-state index contributed by atoms with van der Waals surface area (Å²) in [5.41, 5.74) is 1.81. The number of piperazine rings is 1. The van der Waals surface area contributed by atoms with Gasteiger partial charge in [0.2, 0.25) is 11.9 Å². The Labute approximate surface area is 234 Å². The van der Waals surface area contributed by atoms with Gasteiger partial charge < -0.3 is 35.0 Å². The number of phosphoric acid groups is 1. The standard InChI is InChI=1S/C25H27ClFN6O6P/c1-3-22(34)29-17-6-4-5-16(11-17)23-19(26)14-28-25(31-23)30-18-12-20(27)24(33-9-7-32(2)8-10-33)21(13-18)38-15-39-40(35,36)37/h3-6,11-14H,1,7-10,15H2,2H3,(H,29,34)(H,28,30,31)(H2,35,36,37). The molecule has 0 spiro atoms. The summed E-state index contributed by atoms with van der Waals surface area (Å²) in [6.07, 6.45) is 2.53. The number of hydrogen-bond donors (Lipinski definition) is 4. The Morgan fingerprint density at radius 3 is 2.67 bits per heavy atom. The fourth-order valence-corrected chi connectivity index (χ4v) is 4.34. The molecule has 1 amide bonds. The van der Waals surface area contributed by atoms with Gasteiger partial charge >= 0.3 is 7.82 Å². The Kier molecular flexibility index (Phi) is 9.36. The lowest BCUT2D eigenvalue weighted by Crippen LogP contribution is -2.45. The Bertz CT molecular complexity index is 1450. The van der Waals surface area contributed by atoms with Gasteiger partial charge in [-0.1, -0.05) is 30.3 Å². The van der Waals surface area contributed by atoms with E-state index in [1.807, 2.05) is 7.05 Å². The van der Waals surface area contributed by atoms with Crippen molar-refractivity contribution < 1.29 is 32.8 Å². The van der Waals surface area contributed by atoms with Crippen LogP contribution < -0.4 is 20.3 Å². The number of nitrogens with zero attached hydrogens (tertiary/aromatic N) is 4. The van der Waals surface area contributed by atoms with Crippen LogP contribution >= 0.6 is 19.4 Å². The number of rotatable bonds is 10. The molecule has 15 heteroatoms. The topological polar surface area (TPSA) is 149 Å². The zero-order chi connectivity index (χ0) is 28.9. The van der Waals surface area contributed by atoms with Crippen molar-refractivity contribution in [1.82, 2.24) is 14.9 Å². The van der Waals surface area contributed by atoms with Crippen molar-refractivity contribution in [3.8, 4) is 17.0 Å². The molecule has 0 bridgehead atoms. The maximum Gasteiger partial charge on any atom is 0.472 e. The minimum absolute atomic E-state index is 0.0142. The number of nitrogens with one attached hydrogen (secondary N) is 2. The third kappa shape index (κ3) is 7.75. The first-order valence-electron chi connectivity index (χ1n) is 12.0. The predicted molar refractivity (Wildman–Crippen MR) is 149 cm³/mol. The molecular formula is C25H27ClFN6O6P. The largest absolute Gasteiger partial charge is 0.472 e. The van der Waals surface area contributed by atoms with Crippen LogP contribution in [0.2, 0.25) is 5.02 Å². The van der Waals surface area contributed by atoms with Crippen LogP contribution in [0.1, 0.15) is 0 Å². The molecule has 4 N–H and O–H groups in total. The summed E-state index contributed by atoms with van der Waals surface area (Å²) < 4.78 is 36.5. The minimum Gasteiger partial charge on any atom is -0.465 e. The summed E-state index contributed by atoms with van der Waals surface area (Å²) in [4.78, 5) is 42.2. The fraction of sp³-hybridized carbons (Fsp3) is 0.240. The van der Waals surface area contributed by atoms with Gasteiger partial charge in [-0.3, -0.25) is 4.79 Å². The van der Waals surface area contributed by atoms with Crippen molar-refractivity contribution in [2.45, 2.75) is 0 Å². The lowest BCUT2D eigenvalue weighted by molar-refractivity contribution is -0.111. The Morgan fingerprint density at radius 1 is 1.23 bits per heavy atom. The van der Waals surface area contributed by atoms with E-state index in [0.29, 0.717) is 43.1 Å². The molecule has 1 aromatic heterocycles. The van der Waals surface area contributed by atoms with E-state index in [9.17, 15) is 9.36 Å². The van der Waals surface area contributed by atoms with Crippen molar-refractivity contribution in [1.29, 1.82) is 0 Å². The molecule has 1 aliphatic rings. The zero-order valence-electron chi connectivity index (χ0n) is 21.4. The van der Waals surface area contributed by atoms with E-state index in [1.165, 1.54) is 18.3 Å². The quantitative estimate of drug-likeness (QED) is 0.154. The summed E-state index contributed by atoms with van der Waals surface area (Å²) in [6.45, 7) is 5.06. The highest BCUT2D eigenvalue weighted by atomic mass is 35.5. The van der Waals surface area contributed by atoms with E-state index >= 15 is 4.39 Å². The number of amides is 1. The molecule has 1 aliphatic heterocycles. The monoisotopic (exact) mass is 592 g/mol. The van der Waals surface area contributed by atoms with Gasteiger partial charge in [0, 0.05) is 49.2 Å². The molecule has 212 valence electrons. The van der Waals surface area contributed by atoms with Crippen molar-refractivity contribution in [2.24, 2.45) is 0 Å². The maximum absolute atomic E-state index is 15.5. The Hall–Kier alpha value is -3.58. The van der Waals surface area contributed by atoms with Crippen molar-refractivity contribution in [2.75, 3.05) is 55.6 Å². The third-order valence-corrected chi connectivity index (χ3v) is 6.59. The number of halogens is 2. The molecule has 0 unspecified atom stereocenters. The second kappa shape index (κ2) is 12.7. The van der Waals surface area contributed by atoms with Crippen molar-refractivity contribution >= 4 is 48.3 Å². The normalized spacial score (nSPS) is 14.1. The van der Waals surface area contributed by atoms with Crippen LogP contribution in [0.25, 0.3) is 11.3 Å². The van der Waals surface area contributed by atoms with Crippen LogP contribution in [-0.2, 0) is 13.9 Å². The second-order valence-electron chi connectivity index (χ2n) is 8.77. The number of carbonyl (C=O) groups excluding carboxylic acids is 1. The molecule has 2 aromatic carbocycles. The van der Waals surface area contributed by atoms with Crippen LogP contribution in [0.15, 0.2) is 55.3 Å². The predicted octanol–water partition coefficient (Wildman–Crippen LogP) is 4.00. The van der Waals surface area contributed by atoms with Crippen molar-refractivity contribution in [3.63, 3.8) is 0 Å². The fourth-order valence-electron chi connectivity index (χ4n) is 3.95. The summed E-state index contributed by atoms with van der Waals surface area (Å²) in [5.74, 6) is -0.899. The molecule has 2 heterocycles. The molecule has 40 heavy (non-hydrogen) atoms. The van der Waals surface area contributed by atoms with Crippen molar-refractivity contribution in [3.05, 3.63) is 66.1 Å². The molecule has 1 saturated heterocycles. The number of anilines is 4. The minimum atomic E-state index is -4.80. The number of benzene rings is 2. The first kappa shape index (κ1) is 29.4. The average Bonchev–Trinajstić information content (AvgIpc) is 2.90. The number of hydrogen-bond acceptors (Lipinski definition) is 9. The van der Waals surface area contributed by atoms with Gasteiger partial charge in [0.25, 0.3) is 0 Å². The number of aromatic nitrogens is 2. The Morgan fingerprint density at radius 2 is 1.98 bits per heavy atom. The molecule has 0 aliphatic carbocycles. The molecule has 1 fully saturated rings. The summed E-state index contributed by atoms with van der Waals surface area (Å²) >= 11 is 6.36. The lowest BCUT2D eigenvalue weighted by Gasteiger charge is -2.35. The number of ether oxygens (including phenoxy) is 1. The van der Waals surface area contributed by atoms with Crippen LogP contribution in [0, 0.1) is 5.82 Å². The summed E-state index contributed by atoms with van der Waals surface area (Å²) in [5, 5.41) is 5.83. The molecule has 4 rings (SSSR count). The van der Waals surface area contributed by atoms with E-state index in [2.05, 4.69) is 36.6 Å². The molecule has 0 atom stereocenters. The van der Waals surface area contributed by atoms with Gasteiger partial charge in [0.05, 0.1) is 16.9 Å². The van der Waals surface area contributed by atoms with Gasteiger partial charge in [-0.05, 0) is 31.3 Å². The average molecular weight is 593 g/mol. The van der Waals surface area contributed by atoms with Gasteiger partial charge in [-0.2, -0.15) is 0 Å². The summed E-state index contributed by atoms with van der Waals surface area (Å²) in [6, 6.07) is 9.54. The number of phosphoric ester groups is 1. The molecule has 12 nitrogen and oxygen atoms in total. The van der Waals surface area contributed by atoms with Gasteiger partial charge in [0.15, 0.2) is 18.4 Å². The first-order chi connectivity index (χ1) is 19.0.